The summed E-state index contributed by atoms with van der Waals surface area (Å²) >= 11 is 3.51. The Morgan fingerprint density at radius 2 is 2.20 bits per heavy atom. The highest BCUT2D eigenvalue weighted by molar-refractivity contribution is 9.10. The Bertz CT molecular complexity index is 350. The van der Waals surface area contributed by atoms with Gasteiger partial charge in [-0.25, -0.2) is 0 Å². The summed E-state index contributed by atoms with van der Waals surface area (Å²) in [7, 11) is 1.67. The maximum absolute atomic E-state index is 5.74. The van der Waals surface area contributed by atoms with Crippen LogP contribution in [0.5, 0.6) is 5.75 Å². The Kier molecular flexibility index (Phi) is 3.17. The number of nitrogens with one attached hydrogen (secondary N) is 1. The van der Waals surface area contributed by atoms with E-state index in [4.69, 9.17) is 10.5 Å². The summed E-state index contributed by atoms with van der Waals surface area (Å²) in [5.41, 5.74) is 6.82. The number of ether oxygens (including phenoxy) is 1. The fourth-order valence-corrected chi connectivity index (χ4v) is 2.10. The van der Waals surface area contributed by atoms with Crippen LogP contribution in [-0.4, -0.2) is 19.2 Å². The van der Waals surface area contributed by atoms with Gasteiger partial charge in [0.2, 0.25) is 0 Å². The van der Waals surface area contributed by atoms with Crippen molar-refractivity contribution in [2.24, 2.45) is 5.73 Å². The first-order valence-electron chi connectivity index (χ1n) is 5.04. The number of rotatable bonds is 3. The van der Waals surface area contributed by atoms with Gasteiger partial charge in [0.05, 0.1) is 12.8 Å². The summed E-state index contributed by atoms with van der Waals surface area (Å²) < 4.78 is 6.24. The van der Waals surface area contributed by atoms with Gasteiger partial charge in [-0.05, 0) is 40.9 Å². The zero-order valence-electron chi connectivity index (χ0n) is 8.66. The van der Waals surface area contributed by atoms with E-state index in [1.807, 2.05) is 18.2 Å². The van der Waals surface area contributed by atoms with Crippen molar-refractivity contribution in [3.63, 3.8) is 0 Å². The lowest BCUT2D eigenvalue weighted by Gasteiger charge is -2.34. The minimum atomic E-state index is 0.367. The van der Waals surface area contributed by atoms with E-state index in [1.54, 1.807) is 7.11 Å². The number of benzene rings is 1. The van der Waals surface area contributed by atoms with Crippen LogP contribution in [-0.2, 0) is 0 Å². The van der Waals surface area contributed by atoms with Gasteiger partial charge in [-0.1, -0.05) is 0 Å². The zero-order valence-corrected chi connectivity index (χ0v) is 10.3. The van der Waals surface area contributed by atoms with Gasteiger partial charge >= 0.3 is 0 Å². The molecule has 3 nitrogen and oxygen atoms in total. The summed E-state index contributed by atoms with van der Waals surface area (Å²) in [6.45, 7) is 0. The first-order valence-corrected chi connectivity index (χ1v) is 5.84. The first-order chi connectivity index (χ1) is 7.19. The van der Waals surface area contributed by atoms with Crippen molar-refractivity contribution in [2.75, 3.05) is 12.4 Å². The highest BCUT2D eigenvalue weighted by Gasteiger charge is 2.25. The van der Waals surface area contributed by atoms with Gasteiger partial charge in [0.15, 0.2) is 0 Å². The topological polar surface area (TPSA) is 47.3 Å². The van der Waals surface area contributed by atoms with Crippen LogP contribution in [0.15, 0.2) is 22.7 Å². The molecule has 0 aliphatic heterocycles. The first kappa shape index (κ1) is 10.8. The number of hydrogen-bond acceptors (Lipinski definition) is 3. The van der Waals surface area contributed by atoms with Crippen molar-refractivity contribution in [3.8, 4) is 5.75 Å². The Morgan fingerprint density at radius 1 is 1.47 bits per heavy atom. The van der Waals surface area contributed by atoms with Gasteiger partial charge in [-0.3, -0.25) is 0 Å². The van der Waals surface area contributed by atoms with Crippen molar-refractivity contribution in [2.45, 2.75) is 24.9 Å². The predicted octanol–water partition coefficient (Wildman–Crippen LogP) is 2.36. The molecule has 2 rings (SSSR count). The average Bonchev–Trinajstić information content (AvgIpc) is 2.19. The molecular formula is C11H15BrN2O. The molecule has 0 heterocycles. The summed E-state index contributed by atoms with van der Waals surface area (Å²) in [4.78, 5) is 0. The molecule has 0 radical (unpaired) electrons. The molecule has 3 N–H and O–H groups in total. The molecule has 1 fully saturated rings. The van der Waals surface area contributed by atoms with Crippen LogP contribution >= 0.6 is 15.9 Å². The smallest absolute Gasteiger partial charge is 0.121 e. The normalized spacial score (nSPS) is 24.5. The molecule has 0 amide bonds. The standard InChI is InChI=1S/C11H15BrN2O/c1-15-9-2-3-10(12)11(6-9)14-8-4-7(13)5-8/h2-3,6-8,14H,4-5,13H2,1H3. The molecule has 4 heteroatoms. The number of anilines is 1. The second kappa shape index (κ2) is 4.41. The third-order valence-corrected chi connectivity index (χ3v) is 3.40. The van der Waals surface area contributed by atoms with Crippen molar-refractivity contribution in [3.05, 3.63) is 22.7 Å². The van der Waals surface area contributed by atoms with Crippen LogP contribution in [0.2, 0.25) is 0 Å². The molecule has 0 aromatic heterocycles. The summed E-state index contributed by atoms with van der Waals surface area (Å²) in [6, 6.07) is 6.78. The number of nitrogens with two attached hydrogens (primary N) is 1. The second-order valence-corrected chi connectivity index (χ2v) is 4.77. The van der Waals surface area contributed by atoms with Crippen LogP contribution in [0.4, 0.5) is 5.69 Å². The zero-order chi connectivity index (χ0) is 10.8. The minimum Gasteiger partial charge on any atom is -0.497 e. The lowest BCUT2D eigenvalue weighted by molar-refractivity contribution is 0.373. The van der Waals surface area contributed by atoms with Crippen molar-refractivity contribution in [1.29, 1.82) is 0 Å². The molecule has 1 aliphatic carbocycles. The van der Waals surface area contributed by atoms with E-state index in [-0.39, 0.29) is 0 Å². The maximum atomic E-state index is 5.74. The van der Waals surface area contributed by atoms with E-state index in [0.29, 0.717) is 12.1 Å². The van der Waals surface area contributed by atoms with Crippen LogP contribution in [0.25, 0.3) is 0 Å². The Morgan fingerprint density at radius 3 is 2.80 bits per heavy atom. The third-order valence-electron chi connectivity index (χ3n) is 2.71. The number of halogens is 1. The molecule has 0 saturated heterocycles. The van der Waals surface area contributed by atoms with E-state index >= 15 is 0 Å². The molecule has 0 spiro atoms. The SMILES string of the molecule is COc1ccc(Br)c(NC2CC(N)C2)c1. The van der Waals surface area contributed by atoms with Gasteiger partial charge in [0.25, 0.3) is 0 Å². The van der Waals surface area contributed by atoms with E-state index in [1.165, 1.54) is 0 Å². The summed E-state index contributed by atoms with van der Waals surface area (Å²) in [5.74, 6) is 0.865. The van der Waals surface area contributed by atoms with E-state index < -0.39 is 0 Å². The average molecular weight is 271 g/mol. The highest BCUT2D eigenvalue weighted by Crippen LogP contribution is 2.30. The molecule has 15 heavy (non-hydrogen) atoms. The molecule has 1 aromatic rings. The Labute approximate surface area is 98.1 Å². The van der Waals surface area contributed by atoms with Crippen LogP contribution < -0.4 is 15.8 Å². The van der Waals surface area contributed by atoms with Crippen molar-refractivity contribution < 1.29 is 4.74 Å². The quantitative estimate of drug-likeness (QED) is 0.887. The van der Waals surface area contributed by atoms with Gasteiger partial charge in [0, 0.05) is 22.6 Å². The van der Waals surface area contributed by atoms with E-state index in [2.05, 4.69) is 21.2 Å². The lowest BCUT2D eigenvalue weighted by Crippen LogP contribution is -2.44. The molecule has 0 bridgehead atoms. The van der Waals surface area contributed by atoms with Gasteiger partial charge in [0.1, 0.15) is 5.75 Å². The highest BCUT2D eigenvalue weighted by atomic mass is 79.9. The molecule has 1 aliphatic rings. The van der Waals surface area contributed by atoms with Crippen LogP contribution in [0.1, 0.15) is 12.8 Å². The third kappa shape index (κ3) is 2.44. The van der Waals surface area contributed by atoms with E-state index in [9.17, 15) is 0 Å². The lowest BCUT2D eigenvalue weighted by atomic mass is 9.87. The van der Waals surface area contributed by atoms with Crippen molar-refractivity contribution in [1.82, 2.24) is 0 Å². The molecule has 1 aromatic carbocycles. The molecule has 0 unspecified atom stereocenters. The fourth-order valence-electron chi connectivity index (χ4n) is 1.74. The number of hydrogen-bond donors (Lipinski definition) is 2. The predicted molar refractivity (Wildman–Crippen MR) is 65.3 cm³/mol. The maximum Gasteiger partial charge on any atom is 0.121 e. The van der Waals surface area contributed by atoms with Crippen LogP contribution in [0.3, 0.4) is 0 Å². The van der Waals surface area contributed by atoms with E-state index in [0.717, 1.165) is 28.8 Å². The second-order valence-electron chi connectivity index (χ2n) is 3.92. The number of methoxy groups -OCH3 is 1. The molecule has 1 saturated carbocycles. The monoisotopic (exact) mass is 270 g/mol. The summed E-state index contributed by atoms with van der Waals surface area (Å²) in [6.07, 6.45) is 2.09. The van der Waals surface area contributed by atoms with Gasteiger partial charge in [-0.15, -0.1) is 0 Å². The van der Waals surface area contributed by atoms with Crippen molar-refractivity contribution >= 4 is 21.6 Å². The van der Waals surface area contributed by atoms with Gasteiger partial charge in [-0.2, -0.15) is 0 Å². The largest absolute Gasteiger partial charge is 0.497 e. The Balaban J connectivity index is 2.06. The molecule has 82 valence electrons. The fraction of sp³-hybridized carbons (Fsp3) is 0.455. The molecular weight excluding hydrogens is 256 g/mol. The van der Waals surface area contributed by atoms with Gasteiger partial charge < -0.3 is 15.8 Å². The minimum absolute atomic E-state index is 0.367. The summed E-state index contributed by atoms with van der Waals surface area (Å²) in [5, 5.41) is 3.44. The Hall–Kier alpha value is -0.740. The van der Waals surface area contributed by atoms with Crippen LogP contribution in [0, 0.1) is 0 Å². The molecule has 0 atom stereocenters.